The average Bonchev–Trinajstić information content (AvgIpc) is 3.09. The van der Waals surface area contributed by atoms with E-state index in [0.29, 0.717) is 25.0 Å². The predicted molar refractivity (Wildman–Crippen MR) is 66.8 cm³/mol. The zero-order valence-electron chi connectivity index (χ0n) is 10.9. The van der Waals surface area contributed by atoms with E-state index in [-0.39, 0.29) is 17.7 Å². The van der Waals surface area contributed by atoms with Crippen molar-refractivity contribution in [1.82, 2.24) is 15.1 Å². The number of nitrogens with zero attached hydrogens (tertiary/aromatic N) is 2. The summed E-state index contributed by atoms with van der Waals surface area (Å²) in [7, 11) is 0. The summed E-state index contributed by atoms with van der Waals surface area (Å²) in [5, 5.41) is 3.19. The quantitative estimate of drug-likeness (QED) is 0.747. The second-order valence-corrected chi connectivity index (χ2v) is 5.79. The van der Waals surface area contributed by atoms with Crippen LogP contribution < -0.4 is 5.32 Å². The van der Waals surface area contributed by atoms with Crippen molar-refractivity contribution in [3.63, 3.8) is 0 Å². The smallest absolute Gasteiger partial charge is 0.242 e. The van der Waals surface area contributed by atoms with E-state index >= 15 is 0 Å². The number of hydrogen-bond donors (Lipinski definition) is 1. The Morgan fingerprint density at radius 2 is 2.06 bits per heavy atom. The van der Waals surface area contributed by atoms with Crippen LogP contribution in [0.4, 0.5) is 0 Å². The highest BCUT2D eigenvalue weighted by Crippen LogP contribution is 2.28. The van der Waals surface area contributed by atoms with Crippen molar-refractivity contribution in [2.24, 2.45) is 11.8 Å². The van der Waals surface area contributed by atoms with Gasteiger partial charge in [-0.05, 0) is 31.8 Å². The molecule has 1 saturated carbocycles. The normalized spacial score (nSPS) is 27.1. The van der Waals surface area contributed by atoms with Crippen LogP contribution in [0.25, 0.3) is 0 Å². The van der Waals surface area contributed by atoms with E-state index in [9.17, 15) is 9.59 Å². The molecular formula is C13H21N3O2. The van der Waals surface area contributed by atoms with Crippen LogP contribution in [0.2, 0.25) is 0 Å². The fourth-order valence-corrected chi connectivity index (χ4v) is 2.80. The number of carbonyl (C=O) groups excluding carboxylic acids is 2. The van der Waals surface area contributed by atoms with Crippen LogP contribution in [0, 0.1) is 11.8 Å². The topological polar surface area (TPSA) is 52.7 Å². The predicted octanol–water partition coefficient (Wildman–Crippen LogP) is -0.325. The van der Waals surface area contributed by atoms with Crippen molar-refractivity contribution >= 4 is 11.8 Å². The number of piperazine rings is 1. The van der Waals surface area contributed by atoms with Gasteiger partial charge in [-0.25, -0.2) is 0 Å². The molecule has 0 aromatic heterocycles. The SMILES string of the molecule is CC(C(=O)N1CCN(C2CC2)C(=O)C1)C1CNC1. The first-order valence-corrected chi connectivity index (χ1v) is 6.96. The van der Waals surface area contributed by atoms with Crippen molar-refractivity contribution in [2.75, 3.05) is 32.7 Å². The minimum absolute atomic E-state index is 0.0477. The number of hydrogen-bond acceptors (Lipinski definition) is 3. The van der Waals surface area contributed by atoms with Crippen LogP contribution in [0.1, 0.15) is 19.8 Å². The van der Waals surface area contributed by atoms with Gasteiger partial charge in [-0.3, -0.25) is 9.59 Å². The molecule has 18 heavy (non-hydrogen) atoms. The monoisotopic (exact) mass is 251 g/mol. The lowest BCUT2D eigenvalue weighted by atomic mass is 9.88. The van der Waals surface area contributed by atoms with Crippen LogP contribution in [0.3, 0.4) is 0 Å². The third-order valence-electron chi connectivity index (χ3n) is 4.47. The summed E-state index contributed by atoms with van der Waals surface area (Å²) in [6, 6.07) is 0.475. The minimum atomic E-state index is 0.0477. The maximum Gasteiger partial charge on any atom is 0.242 e. The van der Waals surface area contributed by atoms with Crippen molar-refractivity contribution in [2.45, 2.75) is 25.8 Å². The maximum atomic E-state index is 12.3. The molecule has 0 aromatic carbocycles. The molecule has 2 amide bonds. The first-order valence-electron chi connectivity index (χ1n) is 6.96. The van der Waals surface area contributed by atoms with Gasteiger partial charge in [0.15, 0.2) is 0 Å². The number of amides is 2. The van der Waals surface area contributed by atoms with E-state index in [1.165, 1.54) is 0 Å². The molecular weight excluding hydrogens is 230 g/mol. The molecule has 3 aliphatic rings. The average molecular weight is 251 g/mol. The summed E-state index contributed by atoms with van der Waals surface area (Å²) in [5.74, 6) is 0.793. The number of nitrogens with one attached hydrogen (secondary N) is 1. The number of rotatable bonds is 3. The summed E-state index contributed by atoms with van der Waals surface area (Å²) in [4.78, 5) is 28.0. The highest BCUT2D eigenvalue weighted by Gasteiger charge is 2.39. The van der Waals surface area contributed by atoms with E-state index in [2.05, 4.69) is 5.32 Å². The molecule has 100 valence electrons. The van der Waals surface area contributed by atoms with E-state index in [1.807, 2.05) is 11.8 Å². The Balaban J connectivity index is 1.56. The van der Waals surface area contributed by atoms with Crippen LogP contribution in [-0.2, 0) is 9.59 Å². The molecule has 1 aliphatic carbocycles. The maximum absolute atomic E-state index is 12.3. The van der Waals surface area contributed by atoms with Crippen LogP contribution >= 0.6 is 0 Å². The van der Waals surface area contributed by atoms with Gasteiger partial charge in [0, 0.05) is 25.0 Å². The lowest BCUT2D eigenvalue weighted by molar-refractivity contribution is -0.149. The van der Waals surface area contributed by atoms with Gasteiger partial charge in [-0.15, -0.1) is 0 Å². The zero-order valence-corrected chi connectivity index (χ0v) is 10.9. The van der Waals surface area contributed by atoms with Crippen LogP contribution in [-0.4, -0.2) is 60.4 Å². The molecule has 0 aromatic rings. The van der Waals surface area contributed by atoms with Gasteiger partial charge in [0.05, 0.1) is 6.54 Å². The van der Waals surface area contributed by atoms with Gasteiger partial charge in [0.1, 0.15) is 0 Å². The molecule has 2 heterocycles. The Morgan fingerprint density at radius 1 is 1.33 bits per heavy atom. The summed E-state index contributed by atoms with van der Waals surface area (Å²) in [5.41, 5.74) is 0. The summed E-state index contributed by atoms with van der Waals surface area (Å²) in [6.45, 7) is 5.59. The van der Waals surface area contributed by atoms with Gasteiger partial charge in [-0.2, -0.15) is 0 Å². The lowest BCUT2D eigenvalue weighted by Crippen LogP contribution is -2.56. The minimum Gasteiger partial charge on any atom is -0.336 e. The molecule has 1 unspecified atom stereocenters. The van der Waals surface area contributed by atoms with Crippen LogP contribution in [0.15, 0.2) is 0 Å². The summed E-state index contributed by atoms with van der Waals surface area (Å²) < 4.78 is 0. The second kappa shape index (κ2) is 4.53. The lowest BCUT2D eigenvalue weighted by Gasteiger charge is -2.38. The van der Waals surface area contributed by atoms with E-state index in [4.69, 9.17) is 0 Å². The Bertz CT molecular complexity index is 363. The van der Waals surface area contributed by atoms with E-state index in [1.54, 1.807) is 4.90 Å². The molecule has 1 N–H and O–H groups in total. The largest absolute Gasteiger partial charge is 0.336 e. The molecule has 0 spiro atoms. The third kappa shape index (κ3) is 2.11. The van der Waals surface area contributed by atoms with Crippen LogP contribution in [0.5, 0.6) is 0 Å². The number of carbonyl (C=O) groups is 2. The second-order valence-electron chi connectivity index (χ2n) is 5.79. The first-order chi connectivity index (χ1) is 8.66. The molecule has 1 atom stereocenters. The Morgan fingerprint density at radius 3 is 2.56 bits per heavy atom. The zero-order chi connectivity index (χ0) is 12.7. The fraction of sp³-hybridized carbons (Fsp3) is 0.846. The summed E-state index contributed by atoms with van der Waals surface area (Å²) >= 11 is 0. The van der Waals surface area contributed by atoms with Crippen molar-refractivity contribution in [3.05, 3.63) is 0 Å². The standard InChI is InChI=1S/C13H21N3O2/c1-9(10-6-14-7-10)13(18)15-4-5-16(11-2-3-11)12(17)8-15/h9-11,14H,2-8H2,1H3. The van der Waals surface area contributed by atoms with Gasteiger partial charge in [0.2, 0.25) is 11.8 Å². The molecule has 5 heteroatoms. The third-order valence-corrected chi connectivity index (χ3v) is 4.47. The first kappa shape index (κ1) is 12.0. The highest BCUT2D eigenvalue weighted by molar-refractivity contribution is 5.87. The van der Waals surface area contributed by atoms with E-state index < -0.39 is 0 Å². The molecule has 5 nitrogen and oxygen atoms in total. The molecule has 2 aliphatic heterocycles. The highest BCUT2D eigenvalue weighted by atomic mass is 16.2. The van der Waals surface area contributed by atoms with Gasteiger partial charge in [-0.1, -0.05) is 6.92 Å². The fourth-order valence-electron chi connectivity index (χ4n) is 2.80. The van der Waals surface area contributed by atoms with Gasteiger partial charge < -0.3 is 15.1 Å². The van der Waals surface area contributed by atoms with Crippen molar-refractivity contribution < 1.29 is 9.59 Å². The summed E-state index contributed by atoms with van der Waals surface area (Å²) in [6.07, 6.45) is 2.29. The van der Waals surface area contributed by atoms with Crippen molar-refractivity contribution in [3.8, 4) is 0 Å². The molecule has 2 saturated heterocycles. The van der Waals surface area contributed by atoms with Gasteiger partial charge in [0.25, 0.3) is 0 Å². The molecule has 3 rings (SSSR count). The van der Waals surface area contributed by atoms with Gasteiger partial charge >= 0.3 is 0 Å². The molecule has 0 bridgehead atoms. The molecule has 0 radical (unpaired) electrons. The Hall–Kier alpha value is -1.10. The van der Waals surface area contributed by atoms with Crippen molar-refractivity contribution in [1.29, 1.82) is 0 Å². The Kier molecular flexibility index (Phi) is 3.01. The molecule has 3 fully saturated rings. The van der Waals surface area contributed by atoms with E-state index in [0.717, 1.165) is 32.5 Å². The Labute approximate surface area is 107 Å².